The van der Waals surface area contributed by atoms with Gasteiger partial charge >= 0.3 is 0 Å². The van der Waals surface area contributed by atoms with Crippen molar-refractivity contribution in [2.24, 2.45) is 0 Å². The van der Waals surface area contributed by atoms with E-state index in [-0.39, 0.29) is 5.56 Å². The summed E-state index contributed by atoms with van der Waals surface area (Å²) in [6.07, 6.45) is 0. The molecular weight excluding hydrogens is 296 g/mol. The number of nitrogens with zero attached hydrogens (tertiary/aromatic N) is 3. The van der Waals surface area contributed by atoms with Crippen LogP contribution in [0.1, 0.15) is 5.76 Å². The normalized spacial score (nSPS) is 11.9. The minimum Gasteiger partial charge on any atom is -0.360 e. The van der Waals surface area contributed by atoms with Gasteiger partial charge in [0.1, 0.15) is 27.7 Å². The second kappa shape index (κ2) is 4.07. The summed E-state index contributed by atoms with van der Waals surface area (Å²) in [6.45, 7) is 1.70. The second-order valence-electron chi connectivity index (χ2n) is 5.34. The van der Waals surface area contributed by atoms with E-state index in [4.69, 9.17) is 4.52 Å². The lowest BCUT2D eigenvalue weighted by molar-refractivity contribution is 0.406. The summed E-state index contributed by atoms with van der Waals surface area (Å²) >= 11 is 0. The Labute approximate surface area is 127 Å². The molecule has 0 spiro atoms. The summed E-state index contributed by atoms with van der Waals surface area (Å²) in [5.74, 6) is 1.05. The molecule has 0 radical (unpaired) electrons. The van der Waals surface area contributed by atoms with Crippen LogP contribution in [0.15, 0.2) is 33.6 Å². The molecule has 8 nitrogen and oxygen atoms in total. The Morgan fingerprint density at radius 3 is 2.87 bits per heavy atom. The number of fused-ring (bicyclic) bond motifs is 4. The summed E-state index contributed by atoms with van der Waals surface area (Å²) < 4.78 is 5.13. The molecular formula is C15H10N6O2. The first kappa shape index (κ1) is 12.2. The molecule has 0 amide bonds. The Balaban J connectivity index is 1.87. The number of aromatic nitrogens is 6. The Hall–Kier alpha value is -3.42. The molecule has 5 aromatic rings. The van der Waals surface area contributed by atoms with Crippen molar-refractivity contribution in [3.63, 3.8) is 0 Å². The van der Waals surface area contributed by atoms with Gasteiger partial charge in [-0.1, -0.05) is 17.3 Å². The Morgan fingerprint density at radius 2 is 2.00 bits per heavy atom. The first-order chi connectivity index (χ1) is 11.2. The molecule has 5 rings (SSSR count). The largest absolute Gasteiger partial charge is 0.360 e. The SMILES string of the molecule is Cc1onc2c1c(=O)[nH]c1c(-c3nc4ccccc4[nH]3)n[nH]c12. The zero-order valence-electron chi connectivity index (χ0n) is 12.0. The van der Waals surface area contributed by atoms with Gasteiger partial charge in [-0.3, -0.25) is 9.89 Å². The molecule has 0 aliphatic rings. The van der Waals surface area contributed by atoms with Gasteiger partial charge in [-0.25, -0.2) is 4.98 Å². The van der Waals surface area contributed by atoms with Crippen molar-refractivity contribution in [3.8, 4) is 11.5 Å². The summed E-state index contributed by atoms with van der Waals surface area (Å²) in [6, 6.07) is 7.68. The first-order valence-corrected chi connectivity index (χ1v) is 7.04. The maximum atomic E-state index is 12.3. The van der Waals surface area contributed by atoms with Crippen LogP contribution in [0.3, 0.4) is 0 Å². The van der Waals surface area contributed by atoms with Crippen molar-refractivity contribution < 1.29 is 4.52 Å². The lowest BCUT2D eigenvalue weighted by Gasteiger charge is -1.93. The maximum absolute atomic E-state index is 12.3. The van der Waals surface area contributed by atoms with Crippen LogP contribution in [-0.4, -0.2) is 30.3 Å². The standard InChI is InChI=1S/C15H10N6O2/c1-6-9-10(21-23-6)12-11(18-15(9)22)13(20-19-12)14-16-7-4-2-3-5-8(7)17-14/h2-5H,1H3,(H,16,17)(H,18,22)(H,19,20). The molecule has 0 unspecified atom stereocenters. The lowest BCUT2D eigenvalue weighted by atomic mass is 10.2. The Kier molecular flexibility index (Phi) is 2.15. The lowest BCUT2D eigenvalue weighted by Crippen LogP contribution is -2.06. The summed E-state index contributed by atoms with van der Waals surface area (Å²) in [4.78, 5) is 22.9. The monoisotopic (exact) mass is 306 g/mol. The molecule has 0 bridgehead atoms. The number of hydrogen-bond acceptors (Lipinski definition) is 5. The predicted octanol–water partition coefficient (Wildman–Crippen LogP) is 2.24. The maximum Gasteiger partial charge on any atom is 0.261 e. The summed E-state index contributed by atoms with van der Waals surface area (Å²) in [5.41, 5.74) is 3.65. The molecule has 0 aliphatic carbocycles. The van der Waals surface area contributed by atoms with Gasteiger partial charge < -0.3 is 14.5 Å². The van der Waals surface area contributed by atoms with Crippen LogP contribution in [0.2, 0.25) is 0 Å². The molecule has 0 saturated carbocycles. The number of para-hydroxylation sites is 2. The van der Waals surface area contributed by atoms with Gasteiger partial charge in [0, 0.05) is 0 Å². The van der Waals surface area contributed by atoms with E-state index in [1.165, 1.54) is 0 Å². The number of H-pyrrole nitrogens is 3. The van der Waals surface area contributed by atoms with Gasteiger partial charge in [-0.15, -0.1) is 0 Å². The van der Waals surface area contributed by atoms with Gasteiger partial charge in [0.15, 0.2) is 11.5 Å². The van der Waals surface area contributed by atoms with Crippen LogP contribution < -0.4 is 5.56 Å². The van der Waals surface area contributed by atoms with E-state index >= 15 is 0 Å². The van der Waals surface area contributed by atoms with E-state index in [0.717, 1.165) is 11.0 Å². The van der Waals surface area contributed by atoms with Crippen LogP contribution in [0.5, 0.6) is 0 Å². The van der Waals surface area contributed by atoms with Crippen LogP contribution in [0.25, 0.3) is 44.5 Å². The van der Waals surface area contributed by atoms with Crippen LogP contribution in [0.4, 0.5) is 0 Å². The van der Waals surface area contributed by atoms with Gasteiger partial charge in [-0.05, 0) is 19.1 Å². The van der Waals surface area contributed by atoms with E-state index < -0.39 is 0 Å². The summed E-state index contributed by atoms with van der Waals surface area (Å²) in [7, 11) is 0. The fourth-order valence-electron chi connectivity index (χ4n) is 2.86. The third-order valence-electron chi connectivity index (χ3n) is 3.95. The number of pyridine rings is 1. The summed E-state index contributed by atoms with van der Waals surface area (Å²) in [5, 5.41) is 11.6. The minimum atomic E-state index is -0.259. The molecule has 3 N–H and O–H groups in total. The number of imidazole rings is 1. The van der Waals surface area contributed by atoms with Crippen molar-refractivity contribution in [1.82, 2.24) is 30.3 Å². The van der Waals surface area contributed by atoms with Gasteiger partial charge in [0.2, 0.25) is 0 Å². The molecule has 23 heavy (non-hydrogen) atoms. The number of hydrogen-bond donors (Lipinski definition) is 3. The number of aryl methyl sites for hydroxylation is 1. The molecule has 4 heterocycles. The molecule has 0 fully saturated rings. The van der Waals surface area contributed by atoms with Crippen molar-refractivity contribution in [2.75, 3.05) is 0 Å². The van der Waals surface area contributed by atoms with Gasteiger partial charge in [-0.2, -0.15) is 5.10 Å². The molecule has 0 aliphatic heterocycles. The number of nitrogens with one attached hydrogen (secondary N) is 3. The molecule has 8 heteroatoms. The highest BCUT2D eigenvalue weighted by molar-refractivity contribution is 6.05. The number of benzene rings is 1. The fraction of sp³-hybridized carbons (Fsp3) is 0.0667. The van der Waals surface area contributed by atoms with Crippen molar-refractivity contribution in [1.29, 1.82) is 0 Å². The van der Waals surface area contributed by atoms with Crippen molar-refractivity contribution in [2.45, 2.75) is 6.92 Å². The zero-order valence-corrected chi connectivity index (χ0v) is 12.0. The molecule has 1 aromatic carbocycles. The van der Waals surface area contributed by atoms with E-state index in [0.29, 0.717) is 39.2 Å². The second-order valence-corrected chi connectivity index (χ2v) is 5.34. The predicted molar refractivity (Wildman–Crippen MR) is 84.1 cm³/mol. The molecule has 4 aromatic heterocycles. The number of aromatic amines is 3. The van der Waals surface area contributed by atoms with Crippen LogP contribution >= 0.6 is 0 Å². The smallest absolute Gasteiger partial charge is 0.261 e. The third kappa shape index (κ3) is 1.54. The fourth-order valence-corrected chi connectivity index (χ4v) is 2.86. The topological polar surface area (TPSA) is 116 Å². The number of rotatable bonds is 1. The van der Waals surface area contributed by atoms with Crippen molar-refractivity contribution in [3.05, 3.63) is 40.4 Å². The highest BCUT2D eigenvalue weighted by Gasteiger charge is 2.19. The van der Waals surface area contributed by atoms with E-state index in [9.17, 15) is 4.79 Å². The first-order valence-electron chi connectivity index (χ1n) is 7.04. The zero-order chi connectivity index (χ0) is 15.6. The van der Waals surface area contributed by atoms with Crippen molar-refractivity contribution >= 4 is 33.0 Å². The van der Waals surface area contributed by atoms with E-state index in [2.05, 4.69) is 30.3 Å². The Morgan fingerprint density at radius 1 is 1.13 bits per heavy atom. The molecule has 0 atom stereocenters. The van der Waals surface area contributed by atoms with Crippen LogP contribution in [-0.2, 0) is 0 Å². The molecule has 112 valence electrons. The van der Waals surface area contributed by atoms with Crippen LogP contribution in [0, 0.1) is 6.92 Å². The quantitative estimate of drug-likeness (QED) is 0.439. The highest BCUT2D eigenvalue weighted by Crippen LogP contribution is 2.28. The van der Waals surface area contributed by atoms with E-state index in [1.54, 1.807) is 6.92 Å². The molecule has 0 saturated heterocycles. The minimum absolute atomic E-state index is 0.259. The Bertz CT molecular complexity index is 1220. The van der Waals surface area contributed by atoms with Gasteiger partial charge in [0.25, 0.3) is 5.56 Å². The average molecular weight is 306 g/mol. The third-order valence-corrected chi connectivity index (χ3v) is 3.95. The average Bonchev–Trinajstić information content (AvgIpc) is 3.22. The highest BCUT2D eigenvalue weighted by atomic mass is 16.5. The van der Waals surface area contributed by atoms with E-state index in [1.807, 2.05) is 24.3 Å². The van der Waals surface area contributed by atoms with Gasteiger partial charge in [0.05, 0.1) is 11.0 Å².